The van der Waals surface area contributed by atoms with Gasteiger partial charge in [0, 0.05) is 18.1 Å². The second-order valence-corrected chi connectivity index (χ2v) is 6.00. The monoisotopic (exact) mass is 278 g/mol. The van der Waals surface area contributed by atoms with Crippen molar-refractivity contribution >= 4 is 0 Å². The summed E-state index contributed by atoms with van der Waals surface area (Å²) in [6, 6.07) is 6.46. The second-order valence-electron chi connectivity index (χ2n) is 6.00. The van der Waals surface area contributed by atoms with Crippen LogP contribution in [0.3, 0.4) is 0 Å². The van der Waals surface area contributed by atoms with E-state index in [4.69, 9.17) is 9.47 Å². The number of hydrogen-bond acceptors (Lipinski definition) is 4. The molecule has 1 aromatic rings. The number of ether oxygens (including phenoxy) is 2. The van der Waals surface area contributed by atoms with Crippen molar-refractivity contribution < 1.29 is 9.47 Å². The third-order valence-corrected chi connectivity index (χ3v) is 4.50. The van der Waals surface area contributed by atoms with Crippen LogP contribution in [0.25, 0.3) is 0 Å². The molecule has 4 nitrogen and oxygen atoms in total. The molecule has 0 saturated carbocycles. The average Bonchev–Trinajstić information content (AvgIpc) is 2.91. The van der Waals surface area contributed by atoms with Gasteiger partial charge < -0.3 is 14.8 Å². The van der Waals surface area contributed by atoms with Gasteiger partial charge in [0.1, 0.15) is 0 Å². The predicted octanol–water partition coefficient (Wildman–Crippen LogP) is 2.80. The number of nitrogens with one attached hydrogen (secondary N) is 1. The molecule has 0 aliphatic carbocycles. The maximum atomic E-state index is 5.46. The van der Waals surface area contributed by atoms with E-state index in [0.29, 0.717) is 6.79 Å². The highest BCUT2D eigenvalue weighted by Gasteiger charge is 2.25. The first-order chi connectivity index (χ1) is 9.47. The van der Waals surface area contributed by atoms with Gasteiger partial charge in [0.2, 0.25) is 6.79 Å². The minimum absolute atomic E-state index is 0.200. The zero-order valence-electron chi connectivity index (χ0n) is 13.2. The van der Waals surface area contributed by atoms with Crippen LogP contribution in [-0.4, -0.2) is 37.9 Å². The van der Waals surface area contributed by atoms with Crippen LogP contribution in [0, 0.1) is 0 Å². The molecule has 1 N–H and O–H groups in total. The fourth-order valence-electron chi connectivity index (χ4n) is 2.28. The lowest BCUT2D eigenvalue weighted by Crippen LogP contribution is -2.44. The molecule has 0 saturated heterocycles. The van der Waals surface area contributed by atoms with Gasteiger partial charge in [0.25, 0.3) is 0 Å². The van der Waals surface area contributed by atoms with Crippen LogP contribution < -0.4 is 14.8 Å². The molecule has 0 radical (unpaired) electrons. The van der Waals surface area contributed by atoms with E-state index in [1.807, 2.05) is 13.1 Å². The number of benzene rings is 1. The molecular weight excluding hydrogens is 252 g/mol. The highest BCUT2D eigenvalue weighted by Crippen LogP contribution is 2.34. The summed E-state index contributed by atoms with van der Waals surface area (Å²) in [5.41, 5.74) is 1.43. The van der Waals surface area contributed by atoms with Gasteiger partial charge >= 0.3 is 0 Å². The maximum absolute atomic E-state index is 5.46. The topological polar surface area (TPSA) is 33.7 Å². The number of hydrogen-bond donors (Lipinski definition) is 1. The van der Waals surface area contributed by atoms with Gasteiger partial charge in [-0.25, -0.2) is 0 Å². The van der Waals surface area contributed by atoms with Crippen molar-refractivity contribution in [3.05, 3.63) is 23.8 Å². The van der Waals surface area contributed by atoms with Crippen LogP contribution >= 0.6 is 0 Å². The van der Waals surface area contributed by atoms with Crippen molar-refractivity contribution in [3.8, 4) is 11.5 Å². The van der Waals surface area contributed by atoms with E-state index >= 15 is 0 Å². The van der Waals surface area contributed by atoms with E-state index in [1.54, 1.807) is 0 Å². The highest BCUT2D eigenvalue weighted by molar-refractivity contribution is 5.45. The third kappa shape index (κ3) is 3.07. The van der Waals surface area contributed by atoms with Crippen LogP contribution in [0.4, 0.5) is 0 Å². The Bertz CT molecular complexity index is 460. The third-order valence-electron chi connectivity index (χ3n) is 4.50. The lowest BCUT2D eigenvalue weighted by atomic mass is 9.97. The maximum Gasteiger partial charge on any atom is 0.231 e. The van der Waals surface area contributed by atoms with E-state index in [2.05, 4.69) is 50.2 Å². The summed E-state index contributed by atoms with van der Waals surface area (Å²) < 4.78 is 10.8. The Morgan fingerprint density at radius 3 is 2.65 bits per heavy atom. The minimum Gasteiger partial charge on any atom is -0.454 e. The summed E-state index contributed by atoms with van der Waals surface area (Å²) in [5.74, 6) is 1.69. The number of likely N-dealkylation sites (N-methyl/N-ethyl adjacent to an activating group) is 2. The van der Waals surface area contributed by atoms with E-state index in [-0.39, 0.29) is 11.6 Å². The van der Waals surface area contributed by atoms with Crippen LogP contribution in [0.5, 0.6) is 11.5 Å². The number of fused-ring (bicyclic) bond motifs is 1. The number of rotatable bonds is 6. The smallest absolute Gasteiger partial charge is 0.231 e. The van der Waals surface area contributed by atoms with Crippen molar-refractivity contribution in [2.45, 2.75) is 38.8 Å². The number of nitrogens with zero attached hydrogens (tertiary/aromatic N) is 1. The Labute approximate surface area is 122 Å². The van der Waals surface area contributed by atoms with Crippen molar-refractivity contribution in [3.63, 3.8) is 0 Å². The second kappa shape index (κ2) is 6.02. The Hall–Kier alpha value is -1.26. The standard InChI is InChI=1S/C16H26N2O2/c1-6-16(2,3)18(5)10-13(17-4)12-7-8-14-15(9-12)20-11-19-14/h7-9,13,17H,6,10-11H2,1-5H3. The van der Waals surface area contributed by atoms with Crippen molar-refractivity contribution in [1.82, 2.24) is 10.2 Å². The highest BCUT2D eigenvalue weighted by atomic mass is 16.7. The quantitative estimate of drug-likeness (QED) is 0.867. The fourth-order valence-corrected chi connectivity index (χ4v) is 2.28. The molecule has 1 atom stereocenters. The van der Waals surface area contributed by atoms with Crippen molar-refractivity contribution in [1.29, 1.82) is 0 Å². The van der Waals surface area contributed by atoms with Crippen LogP contribution in [0.1, 0.15) is 38.8 Å². The molecule has 1 aliphatic rings. The van der Waals surface area contributed by atoms with Crippen LogP contribution in [0.15, 0.2) is 18.2 Å². The fraction of sp³-hybridized carbons (Fsp3) is 0.625. The Morgan fingerprint density at radius 1 is 1.30 bits per heavy atom. The van der Waals surface area contributed by atoms with Gasteiger partial charge in [-0.05, 0) is 52.1 Å². The first-order valence-electron chi connectivity index (χ1n) is 7.26. The SMILES string of the molecule is CCC(C)(C)N(C)CC(NC)c1ccc2c(c1)OCO2. The molecule has 1 aliphatic heterocycles. The van der Waals surface area contributed by atoms with E-state index in [1.165, 1.54) is 5.56 Å². The van der Waals surface area contributed by atoms with E-state index in [0.717, 1.165) is 24.5 Å². The molecule has 2 rings (SSSR count). The molecule has 1 unspecified atom stereocenters. The molecule has 0 spiro atoms. The molecular formula is C16H26N2O2. The Balaban J connectivity index is 2.12. The molecule has 20 heavy (non-hydrogen) atoms. The summed E-state index contributed by atoms with van der Waals surface area (Å²) in [4.78, 5) is 2.40. The van der Waals surface area contributed by atoms with Crippen molar-refractivity contribution in [2.24, 2.45) is 0 Å². The van der Waals surface area contributed by atoms with E-state index < -0.39 is 0 Å². The van der Waals surface area contributed by atoms with Gasteiger partial charge in [-0.2, -0.15) is 0 Å². The van der Waals surface area contributed by atoms with Gasteiger partial charge in [-0.3, -0.25) is 4.90 Å². The Morgan fingerprint density at radius 2 is 2.00 bits per heavy atom. The van der Waals surface area contributed by atoms with Gasteiger partial charge in [0.15, 0.2) is 11.5 Å². The molecule has 0 aromatic heterocycles. The summed E-state index contributed by atoms with van der Waals surface area (Å²) in [5, 5.41) is 3.40. The zero-order valence-corrected chi connectivity index (χ0v) is 13.2. The molecule has 0 amide bonds. The summed E-state index contributed by atoms with van der Waals surface area (Å²) in [6.45, 7) is 8.06. The first kappa shape index (κ1) is 15.1. The molecule has 4 heteroatoms. The van der Waals surface area contributed by atoms with Gasteiger partial charge in [0.05, 0.1) is 0 Å². The molecule has 1 heterocycles. The lowest BCUT2D eigenvalue weighted by molar-refractivity contribution is 0.137. The van der Waals surface area contributed by atoms with Crippen LogP contribution in [-0.2, 0) is 0 Å². The average molecular weight is 278 g/mol. The molecule has 1 aromatic carbocycles. The molecule has 0 bridgehead atoms. The minimum atomic E-state index is 0.200. The predicted molar refractivity (Wildman–Crippen MR) is 81.4 cm³/mol. The Kier molecular flexibility index (Phi) is 4.55. The summed E-state index contributed by atoms with van der Waals surface area (Å²) in [6.07, 6.45) is 1.13. The normalized spacial score (nSPS) is 15.7. The van der Waals surface area contributed by atoms with Crippen molar-refractivity contribution in [2.75, 3.05) is 27.4 Å². The van der Waals surface area contributed by atoms with Gasteiger partial charge in [-0.15, -0.1) is 0 Å². The zero-order chi connectivity index (χ0) is 14.8. The van der Waals surface area contributed by atoms with E-state index in [9.17, 15) is 0 Å². The lowest BCUT2D eigenvalue weighted by Gasteiger charge is -2.37. The summed E-state index contributed by atoms with van der Waals surface area (Å²) >= 11 is 0. The van der Waals surface area contributed by atoms with Crippen LogP contribution in [0.2, 0.25) is 0 Å². The molecule has 112 valence electrons. The van der Waals surface area contributed by atoms with Gasteiger partial charge in [-0.1, -0.05) is 13.0 Å². The largest absolute Gasteiger partial charge is 0.454 e. The molecule has 0 fully saturated rings. The first-order valence-corrected chi connectivity index (χ1v) is 7.26. The summed E-state index contributed by atoms with van der Waals surface area (Å²) in [7, 11) is 4.18.